The number of rotatable bonds is 12. The zero-order valence-corrected chi connectivity index (χ0v) is 21.1. The minimum atomic E-state index is -4.14. The Morgan fingerprint density at radius 3 is 2.19 bits per heavy atom. The highest BCUT2D eigenvalue weighted by Gasteiger charge is 2.31. The molecule has 0 radical (unpaired) electrons. The van der Waals surface area contributed by atoms with Crippen LogP contribution in [0.15, 0.2) is 71.6 Å². The highest BCUT2D eigenvalue weighted by Crippen LogP contribution is 2.45. The number of nitrogens with zero attached hydrogens (tertiary/aromatic N) is 1. The summed E-state index contributed by atoms with van der Waals surface area (Å²) < 4.78 is 45.9. The van der Waals surface area contributed by atoms with Gasteiger partial charge >= 0.3 is 5.97 Å². The fraction of sp³-hybridized carbons (Fsp3) is 0.269. The van der Waals surface area contributed by atoms with E-state index in [4.69, 9.17) is 14.2 Å². The first kappa shape index (κ1) is 26.8. The summed E-state index contributed by atoms with van der Waals surface area (Å²) >= 11 is 0. The fourth-order valence-corrected chi connectivity index (χ4v) is 5.10. The van der Waals surface area contributed by atoms with Crippen LogP contribution in [0.5, 0.6) is 23.0 Å². The van der Waals surface area contributed by atoms with E-state index in [1.807, 2.05) is 13.8 Å². The minimum Gasteiger partial charge on any atom is -0.493 e. The molecular formula is C26H29NO8S. The first-order valence-electron chi connectivity index (χ1n) is 11.2. The quantitative estimate of drug-likeness (QED) is 0.364. The van der Waals surface area contributed by atoms with E-state index in [1.54, 1.807) is 42.5 Å². The van der Waals surface area contributed by atoms with Gasteiger partial charge in [-0.3, -0.25) is 4.31 Å². The van der Waals surface area contributed by atoms with Crippen LogP contribution in [-0.2, 0) is 10.0 Å². The highest BCUT2D eigenvalue weighted by molar-refractivity contribution is 7.92. The molecule has 0 fully saturated rings. The SMILES string of the molecule is COc1ccccc1Oc1c(OCCO)cc(C(=O)O)cc1N(CC(C)C)S(=O)(=O)c1ccccc1. The lowest BCUT2D eigenvalue weighted by molar-refractivity contribution is 0.0696. The molecule has 9 nitrogen and oxygen atoms in total. The molecule has 0 aliphatic carbocycles. The molecule has 10 heteroatoms. The van der Waals surface area contributed by atoms with Crippen LogP contribution in [0, 0.1) is 5.92 Å². The van der Waals surface area contributed by atoms with Crippen LogP contribution in [0.4, 0.5) is 5.69 Å². The van der Waals surface area contributed by atoms with E-state index in [1.165, 1.54) is 31.4 Å². The van der Waals surface area contributed by atoms with E-state index < -0.39 is 16.0 Å². The summed E-state index contributed by atoms with van der Waals surface area (Å²) in [5.41, 5.74) is -0.228. The van der Waals surface area contributed by atoms with Crippen molar-refractivity contribution in [2.24, 2.45) is 5.92 Å². The Morgan fingerprint density at radius 2 is 1.61 bits per heavy atom. The van der Waals surface area contributed by atoms with E-state index >= 15 is 0 Å². The van der Waals surface area contributed by atoms with Gasteiger partial charge in [0.2, 0.25) is 0 Å². The standard InChI is InChI=1S/C26H29NO8S/c1-18(2)17-27(36(31,32)20-9-5-4-6-10-20)21-15-19(26(29)30)16-24(34-14-13-28)25(21)35-23-12-8-7-11-22(23)33-3/h4-12,15-16,18,28H,13-14,17H2,1-3H3,(H,29,30). The van der Waals surface area contributed by atoms with Crippen molar-refractivity contribution in [3.05, 3.63) is 72.3 Å². The molecule has 0 aliphatic heterocycles. The summed E-state index contributed by atoms with van der Waals surface area (Å²) in [6.07, 6.45) is 0. The van der Waals surface area contributed by atoms with Crippen LogP contribution in [0.25, 0.3) is 0 Å². The third kappa shape index (κ3) is 6.07. The largest absolute Gasteiger partial charge is 0.493 e. The molecule has 0 bridgehead atoms. The van der Waals surface area contributed by atoms with Gasteiger partial charge in [0.25, 0.3) is 10.0 Å². The van der Waals surface area contributed by atoms with Gasteiger partial charge in [0.05, 0.1) is 29.9 Å². The smallest absolute Gasteiger partial charge is 0.335 e. The lowest BCUT2D eigenvalue weighted by Gasteiger charge is -2.29. The van der Waals surface area contributed by atoms with Crippen molar-refractivity contribution >= 4 is 21.7 Å². The van der Waals surface area contributed by atoms with Crippen LogP contribution < -0.4 is 18.5 Å². The van der Waals surface area contributed by atoms with Gasteiger partial charge < -0.3 is 24.4 Å². The second-order valence-electron chi connectivity index (χ2n) is 8.20. The number of para-hydroxylation sites is 2. The van der Waals surface area contributed by atoms with Crippen molar-refractivity contribution in [1.82, 2.24) is 0 Å². The maximum Gasteiger partial charge on any atom is 0.335 e. The van der Waals surface area contributed by atoms with E-state index in [0.29, 0.717) is 5.75 Å². The van der Waals surface area contributed by atoms with E-state index in [9.17, 15) is 23.4 Å². The number of aliphatic hydroxyl groups is 1. The normalized spacial score (nSPS) is 11.2. The van der Waals surface area contributed by atoms with Crippen LogP contribution in [0.1, 0.15) is 24.2 Å². The van der Waals surface area contributed by atoms with Gasteiger partial charge in [-0.25, -0.2) is 13.2 Å². The van der Waals surface area contributed by atoms with Crippen molar-refractivity contribution in [1.29, 1.82) is 0 Å². The minimum absolute atomic E-state index is 0.0219. The first-order chi connectivity index (χ1) is 17.2. The molecule has 2 N–H and O–H groups in total. The molecule has 36 heavy (non-hydrogen) atoms. The van der Waals surface area contributed by atoms with Gasteiger partial charge in [0.15, 0.2) is 23.0 Å². The molecule has 0 aliphatic rings. The van der Waals surface area contributed by atoms with Crippen LogP contribution in [0.2, 0.25) is 0 Å². The zero-order valence-electron chi connectivity index (χ0n) is 20.2. The average molecular weight is 516 g/mol. The Morgan fingerprint density at radius 1 is 0.972 bits per heavy atom. The summed E-state index contributed by atoms with van der Waals surface area (Å²) in [5.74, 6) is -0.839. The maximum atomic E-state index is 13.8. The highest BCUT2D eigenvalue weighted by atomic mass is 32.2. The molecule has 3 rings (SSSR count). The Kier molecular flexibility index (Phi) is 8.78. The van der Waals surface area contributed by atoms with Gasteiger partial charge in [0.1, 0.15) is 6.61 Å². The zero-order chi connectivity index (χ0) is 26.3. The fourth-order valence-electron chi connectivity index (χ4n) is 3.45. The molecule has 0 amide bonds. The number of hydrogen-bond donors (Lipinski definition) is 2. The third-order valence-corrected chi connectivity index (χ3v) is 6.84. The average Bonchev–Trinajstić information content (AvgIpc) is 2.87. The van der Waals surface area contributed by atoms with Gasteiger partial charge in [-0.1, -0.05) is 44.2 Å². The number of aromatic carboxylic acids is 1. The van der Waals surface area contributed by atoms with Crippen LogP contribution in [-0.4, -0.2) is 51.5 Å². The third-order valence-electron chi connectivity index (χ3n) is 5.04. The van der Waals surface area contributed by atoms with Crippen molar-refractivity contribution < 1.29 is 37.6 Å². The number of methoxy groups -OCH3 is 1. The number of anilines is 1. The second kappa shape index (κ2) is 11.8. The predicted octanol–water partition coefficient (Wildman–Crippen LogP) is 4.41. The molecule has 0 atom stereocenters. The molecule has 0 spiro atoms. The number of benzene rings is 3. The number of carbonyl (C=O) groups is 1. The van der Waals surface area contributed by atoms with Gasteiger partial charge in [-0.05, 0) is 42.3 Å². The lowest BCUT2D eigenvalue weighted by Crippen LogP contribution is -2.34. The Hall–Kier alpha value is -3.76. The molecule has 192 valence electrons. The summed E-state index contributed by atoms with van der Waals surface area (Å²) in [6, 6.07) is 17.1. The Bertz CT molecular complexity index is 1290. The summed E-state index contributed by atoms with van der Waals surface area (Å²) in [4.78, 5) is 12.0. The Balaban J connectivity index is 2.32. The van der Waals surface area contributed by atoms with Crippen molar-refractivity contribution in [3.63, 3.8) is 0 Å². The molecule has 3 aromatic carbocycles. The summed E-state index contributed by atoms with van der Waals surface area (Å²) in [7, 11) is -2.67. The molecule has 0 saturated heterocycles. The lowest BCUT2D eigenvalue weighted by atomic mass is 10.1. The Labute approximate surface area is 210 Å². The first-order valence-corrected chi connectivity index (χ1v) is 12.7. The number of carboxylic acids is 1. The van der Waals surface area contributed by atoms with E-state index in [0.717, 1.165) is 4.31 Å². The van der Waals surface area contributed by atoms with Crippen molar-refractivity contribution in [3.8, 4) is 23.0 Å². The van der Waals surface area contributed by atoms with E-state index in [-0.39, 0.29) is 59.1 Å². The van der Waals surface area contributed by atoms with E-state index in [2.05, 4.69) is 0 Å². The maximum absolute atomic E-state index is 13.8. The van der Waals surface area contributed by atoms with Crippen molar-refractivity contribution in [2.45, 2.75) is 18.7 Å². The summed E-state index contributed by atoms with van der Waals surface area (Å²) in [5, 5.41) is 19.1. The number of ether oxygens (including phenoxy) is 3. The molecular weight excluding hydrogens is 486 g/mol. The van der Waals surface area contributed by atoms with Gasteiger partial charge in [0, 0.05) is 6.54 Å². The summed E-state index contributed by atoms with van der Waals surface area (Å²) in [6.45, 7) is 3.21. The number of sulfonamides is 1. The number of aliphatic hydroxyl groups excluding tert-OH is 1. The van der Waals surface area contributed by atoms with Gasteiger partial charge in [-0.2, -0.15) is 0 Å². The molecule has 0 saturated carbocycles. The molecule has 0 aromatic heterocycles. The molecule has 3 aromatic rings. The van der Waals surface area contributed by atoms with Crippen molar-refractivity contribution in [2.75, 3.05) is 31.2 Å². The number of hydrogen-bond acceptors (Lipinski definition) is 7. The second-order valence-corrected chi connectivity index (χ2v) is 10.1. The number of carboxylic acid groups (broad SMARTS) is 1. The molecule has 0 heterocycles. The predicted molar refractivity (Wildman–Crippen MR) is 135 cm³/mol. The van der Waals surface area contributed by atoms with Crippen LogP contribution >= 0.6 is 0 Å². The monoisotopic (exact) mass is 515 g/mol. The van der Waals surface area contributed by atoms with Gasteiger partial charge in [-0.15, -0.1) is 0 Å². The topological polar surface area (TPSA) is 123 Å². The molecule has 0 unspecified atom stereocenters. The van der Waals surface area contributed by atoms with Crippen LogP contribution in [0.3, 0.4) is 0 Å².